The third-order valence-corrected chi connectivity index (χ3v) is 14.0. The molecule has 13 rings (SSSR count). The Morgan fingerprint density at radius 3 is 1.83 bits per heavy atom. The van der Waals surface area contributed by atoms with E-state index >= 15 is 0 Å². The van der Waals surface area contributed by atoms with Crippen molar-refractivity contribution in [1.82, 2.24) is 0 Å². The third-order valence-electron chi connectivity index (χ3n) is 12.9. The van der Waals surface area contributed by atoms with Gasteiger partial charge in [-0.25, -0.2) is 0 Å². The van der Waals surface area contributed by atoms with E-state index in [4.69, 9.17) is 4.42 Å². The zero-order valence-electron chi connectivity index (χ0n) is 32.5. The Bertz CT molecular complexity index is 3500. The van der Waals surface area contributed by atoms with Crippen LogP contribution in [0.3, 0.4) is 0 Å². The van der Waals surface area contributed by atoms with Crippen molar-refractivity contribution in [2.24, 2.45) is 0 Å². The molecule has 1 spiro atoms. The van der Waals surface area contributed by atoms with Crippen LogP contribution < -0.4 is 4.90 Å². The maximum atomic E-state index is 6.83. The van der Waals surface area contributed by atoms with Crippen LogP contribution in [0, 0.1) is 0 Å². The van der Waals surface area contributed by atoms with Crippen molar-refractivity contribution in [2.45, 2.75) is 5.41 Å². The zero-order valence-corrected chi connectivity index (χ0v) is 33.3. The lowest BCUT2D eigenvalue weighted by Crippen LogP contribution is -2.26. The lowest BCUT2D eigenvalue weighted by molar-refractivity contribution is 0.628. The summed E-state index contributed by atoms with van der Waals surface area (Å²) in [5.74, 6) is 0.972. The summed E-state index contributed by atoms with van der Waals surface area (Å²) in [6.07, 6.45) is 0. The predicted molar refractivity (Wildman–Crippen MR) is 251 cm³/mol. The standard InChI is InChI=1S/C57H35NOS/c1-2-14-36(15-3-1)37-28-30-39(31-29-37)58(41-32-33-53-48(35-41)44-19-7-11-27-52(44)60-53)40-17-12-16-38(34-40)42-22-13-23-45-43-18-4-8-24-49(43)57(54(42)45)50-25-9-5-20-46(50)56-55(57)47-21-6-10-26-51(47)59-56/h1-35H. The Morgan fingerprint density at radius 1 is 0.367 bits per heavy atom. The minimum absolute atomic E-state index is 0.560. The Morgan fingerprint density at radius 2 is 0.967 bits per heavy atom. The van der Waals surface area contributed by atoms with Gasteiger partial charge in [-0.3, -0.25) is 0 Å². The van der Waals surface area contributed by atoms with Gasteiger partial charge in [0, 0.05) is 53.7 Å². The van der Waals surface area contributed by atoms with Crippen LogP contribution in [0.15, 0.2) is 217 Å². The quantitative estimate of drug-likeness (QED) is 0.173. The van der Waals surface area contributed by atoms with Crippen LogP contribution in [-0.4, -0.2) is 0 Å². The number of anilines is 3. The van der Waals surface area contributed by atoms with Gasteiger partial charge in [-0.1, -0.05) is 158 Å². The van der Waals surface area contributed by atoms with E-state index < -0.39 is 5.41 Å². The first-order valence-electron chi connectivity index (χ1n) is 20.6. The Kier molecular flexibility index (Phi) is 7.13. The number of nitrogens with zero attached hydrogens (tertiary/aromatic N) is 1. The van der Waals surface area contributed by atoms with Gasteiger partial charge in [-0.15, -0.1) is 11.3 Å². The van der Waals surface area contributed by atoms with Crippen LogP contribution in [0.2, 0.25) is 0 Å². The Hall–Kier alpha value is -7.46. The highest BCUT2D eigenvalue weighted by atomic mass is 32.1. The molecule has 0 radical (unpaired) electrons. The van der Waals surface area contributed by atoms with Crippen LogP contribution in [-0.2, 0) is 5.41 Å². The highest BCUT2D eigenvalue weighted by Gasteiger charge is 2.55. The summed E-state index contributed by atoms with van der Waals surface area (Å²) in [6.45, 7) is 0. The molecule has 60 heavy (non-hydrogen) atoms. The molecule has 2 aromatic heterocycles. The molecule has 0 saturated carbocycles. The molecule has 2 nitrogen and oxygen atoms in total. The van der Waals surface area contributed by atoms with Crippen LogP contribution in [0.4, 0.5) is 17.1 Å². The van der Waals surface area contributed by atoms with Gasteiger partial charge in [0.25, 0.3) is 0 Å². The smallest absolute Gasteiger partial charge is 0.140 e. The first-order valence-corrected chi connectivity index (χ1v) is 21.4. The monoisotopic (exact) mass is 781 g/mol. The number of hydrogen-bond donors (Lipinski definition) is 0. The van der Waals surface area contributed by atoms with Crippen molar-refractivity contribution in [1.29, 1.82) is 0 Å². The van der Waals surface area contributed by atoms with E-state index in [1.165, 1.54) is 75.8 Å². The average Bonchev–Trinajstić information content (AvgIpc) is 4.05. The summed E-state index contributed by atoms with van der Waals surface area (Å²) in [4.78, 5) is 2.42. The van der Waals surface area contributed by atoms with E-state index in [0.717, 1.165) is 39.4 Å². The first-order chi connectivity index (χ1) is 29.8. The molecule has 2 aliphatic rings. The van der Waals surface area contributed by atoms with Crippen molar-refractivity contribution >= 4 is 59.5 Å². The van der Waals surface area contributed by atoms with Crippen LogP contribution in [0.25, 0.3) is 75.8 Å². The topological polar surface area (TPSA) is 16.4 Å². The van der Waals surface area contributed by atoms with E-state index in [-0.39, 0.29) is 0 Å². The molecule has 280 valence electrons. The van der Waals surface area contributed by atoms with Gasteiger partial charge in [0.05, 0.1) is 5.41 Å². The van der Waals surface area contributed by atoms with E-state index in [1.54, 1.807) is 0 Å². The van der Waals surface area contributed by atoms with Gasteiger partial charge in [0.1, 0.15) is 11.3 Å². The van der Waals surface area contributed by atoms with Gasteiger partial charge >= 0.3 is 0 Å². The van der Waals surface area contributed by atoms with Crippen molar-refractivity contribution in [3.05, 3.63) is 235 Å². The highest BCUT2D eigenvalue weighted by Crippen LogP contribution is 2.66. The van der Waals surface area contributed by atoms with Gasteiger partial charge < -0.3 is 9.32 Å². The van der Waals surface area contributed by atoms with Crippen LogP contribution in [0.5, 0.6) is 0 Å². The van der Waals surface area contributed by atoms with Crippen molar-refractivity contribution in [3.8, 4) is 44.7 Å². The van der Waals surface area contributed by atoms with E-state index in [2.05, 4.69) is 217 Å². The molecule has 0 fully saturated rings. The Labute approximate surface area is 351 Å². The molecule has 0 bridgehead atoms. The van der Waals surface area contributed by atoms with E-state index in [1.807, 2.05) is 11.3 Å². The second-order valence-electron chi connectivity index (χ2n) is 15.9. The summed E-state index contributed by atoms with van der Waals surface area (Å²) >= 11 is 1.85. The SMILES string of the molecule is c1ccc(-c2ccc(N(c3cccc(-c4cccc5c4C4(c6ccccc6-5)c5ccccc5-c5oc6ccccc6c54)c3)c3ccc4sc5ccccc5c4c3)cc2)cc1. The zero-order chi connectivity index (χ0) is 39.4. The Balaban J connectivity index is 1.04. The van der Waals surface area contributed by atoms with E-state index in [9.17, 15) is 0 Å². The molecule has 2 aliphatic carbocycles. The fourth-order valence-electron chi connectivity index (χ4n) is 10.4. The van der Waals surface area contributed by atoms with Gasteiger partial charge in [-0.05, 0) is 105 Å². The molecular formula is C57H35NOS. The molecule has 0 saturated heterocycles. The molecule has 9 aromatic carbocycles. The molecule has 1 unspecified atom stereocenters. The number of rotatable bonds is 5. The molecule has 1 atom stereocenters. The van der Waals surface area contributed by atoms with Gasteiger partial charge in [0.2, 0.25) is 0 Å². The number of fused-ring (bicyclic) bond motifs is 15. The molecule has 0 amide bonds. The maximum absolute atomic E-state index is 6.83. The molecule has 0 aliphatic heterocycles. The highest BCUT2D eigenvalue weighted by molar-refractivity contribution is 7.25. The fourth-order valence-corrected chi connectivity index (χ4v) is 11.5. The predicted octanol–water partition coefficient (Wildman–Crippen LogP) is 15.9. The van der Waals surface area contributed by atoms with E-state index in [0.29, 0.717) is 0 Å². The molecule has 0 N–H and O–H groups in total. The number of thiophene rings is 1. The van der Waals surface area contributed by atoms with Crippen molar-refractivity contribution in [2.75, 3.05) is 4.90 Å². The number of furan rings is 1. The largest absolute Gasteiger partial charge is 0.456 e. The molecule has 3 heteroatoms. The second kappa shape index (κ2) is 12.8. The minimum atomic E-state index is -0.560. The van der Waals surface area contributed by atoms with Gasteiger partial charge in [-0.2, -0.15) is 0 Å². The lowest BCUT2D eigenvalue weighted by atomic mass is 9.68. The van der Waals surface area contributed by atoms with Crippen molar-refractivity contribution < 1.29 is 4.42 Å². The molecule has 2 heterocycles. The minimum Gasteiger partial charge on any atom is -0.456 e. The maximum Gasteiger partial charge on any atom is 0.140 e. The normalized spacial score (nSPS) is 14.7. The van der Waals surface area contributed by atoms with Crippen molar-refractivity contribution in [3.63, 3.8) is 0 Å². The summed E-state index contributed by atoms with van der Waals surface area (Å²) in [6, 6.07) is 77.9. The lowest BCUT2D eigenvalue weighted by Gasteiger charge is -2.32. The molecule has 11 aromatic rings. The summed E-state index contributed by atoms with van der Waals surface area (Å²) < 4.78 is 9.43. The summed E-state index contributed by atoms with van der Waals surface area (Å²) in [7, 11) is 0. The number of para-hydroxylation sites is 1. The summed E-state index contributed by atoms with van der Waals surface area (Å²) in [5.41, 5.74) is 17.3. The molecular weight excluding hydrogens is 747 g/mol. The average molecular weight is 782 g/mol. The number of hydrogen-bond acceptors (Lipinski definition) is 3. The fraction of sp³-hybridized carbons (Fsp3) is 0.0175. The van der Waals surface area contributed by atoms with Crippen LogP contribution in [0.1, 0.15) is 22.3 Å². The van der Waals surface area contributed by atoms with Crippen LogP contribution >= 0.6 is 11.3 Å². The first kappa shape index (κ1) is 33.5. The number of benzene rings is 9. The third kappa shape index (κ3) is 4.64. The summed E-state index contributed by atoms with van der Waals surface area (Å²) in [5, 5.41) is 3.73. The second-order valence-corrected chi connectivity index (χ2v) is 17.0. The van der Waals surface area contributed by atoms with Gasteiger partial charge in [0.15, 0.2) is 0 Å².